The molecule has 0 radical (unpaired) electrons. The Morgan fingerprint density at radius 2 is 1.80 bits per heavy atom. The number of nitrogens with zero attached hydrogens (tertiary/aromatic N) is 3. The second-order valence-corrected chi connectivity index (χ2v) is 12.3. The van der Waals surface area contributed by atoms with Crippen molar-refractivity contribution in [2.75, 3.05) is 19.1 Å². The van der Waals surface area contributed by atoms with Crippen molar-refractivity contribution in [2.24, 2.45) is 4.99 Å². The molecule has 208 valence electrons. The second kappa shape index (κ2) is 10.7. The first kappa shape index (κ1) is 27.1. The SMILES string of the molecule is COc1cccc([C@@H]2C(C(=O)OC(C)C)=C(C)N=c3s/c(=C\c4ccc5c(c4)Sc4ccccc4N5C)c(=O)n32)c1. The maximum Gasteiger partial charge on any atom is 0.338 e. The molecule has 3 heterocycles. The Labute approximate surface area is 246 Å². The van der Waals surface area contributed by atoms with Gasteiger partial charge in [-0.1, -0.05) is 53.4 Å². The molecule has 0 fully saturated rings. The molecule has 41 heavy (non-hydrogen) atoms. The smallest absolute Gasteiger partial charge is 0.338 e. The molecule has 7 nitrogen and oxygen atoms in total. The summed E-state index contributed by atoms with van der Waals surface area (Å²) in [5, 5.41) is 0. The van der Waals surface area contributed by atoms with Gasteiger partial charge in [-0.3, -0.25) is 9.36 Å². The summed E-state index contributed by atoms with van der Waals surface area (Å²) >= 11 is 3.04. The van der Waals surface area contributed by atoms with E-state index in [0.717, 1.165) is 21.7 Å². The monoisotopic (exact) mass is 583 g/mol. The molecule has 0 spiro atoms. The van der Waals surface area contributed by atoms with Gasteiger partial charge < -0.3 is 14.4 Å². The maximum absolute atomic E-state index is 14.0. The van der Waals surface area contributed by atoms with Gasteiger partial charge in [0.2, 0.25) is 0 Å². The summed E-state index contributed by atoms with van der Waals surface area (Å²) in [7, 11) is 3.66. The molecule has 0 aliphatic carbocycles. The maximum atomic E-state index is 14.0. The summed E-state index contributed by atoms with van der Waals surface area (Å²) in [4.78, 5) is 37.1. The highest BCUT2D eigenvalue weighted by atomic mass is 32.2. The molecule has 0 bridgehead atoms. The number of rotatable bonds is 5. The number of hydrogen-bond donors (Lipinski definition) is 0. The minimum absolute atomic E-state index is 0.211. The van der Waals surface area contributed by atoms with Crippen molar-refractivity contribution in [1.29, 1.82) is 0 Å². The van der Waals surface area contributed by atoms with Gasteiger partial charge in [0, 0.05) is 16.8 Å². The first-order valence-corrected chi connectivity index (χ1v) is 14.9. The first-order valence-electron chi connectivity index (χ1n) is 13.3. The van der Waals surface area contributed by atoms with Crippen LogP contribution in [0.5, 0.6) is 5.75 Å². The lowest BCUT2D eigenvalue weighted by atomic mass is 9.95. The molecule has 6 rings (SSSR count). The summed E-state index contributed by atoms with van der Waals surface area (Å²) in [5.74, 6) is 0.147. The summed E-state index contributed by atoms with van der Waals surface area (Å²) < 4.78 is 13.2. The topological polar surface area (TPSA) is 73.1 Å². The number of carbonyl (C=O) groups excluding carboxylic acids is 1. The largest absolute Gasteiger partial charge is 0.497 e. The lowest BCUT2D eigenvalue weighted by Gasteiger charge is -2.29. The van der Waals surface area contributed by atoms with Crippen LogP contribution in [0.25, 0.3) is 6.08 Å². The number of anilines is 2. The predicted molar refractivity (Wildman–Crippen MR) is 163 cm³/mol. The summed E-state index contributed by atoms with van der Waals surface area (Å²) in [6.07, 6.45) is 1.59. The molecule has 0 saturated heterocycles. The molecule has 3 aromatic carbocycles. The van der Waals surface area contributed by atoms with Crippen molar-refractivity contribution in [3.63, 3.8) is 0 Å². The molecule has 9 heteroatoms. The van der Waals surface area contributed by atoms with Gasteiger partial charge in [-0.25, -0.2) is 9.79 Å². The molecule has 0 saturated carbocycles. The van der Waals surface area contributed by atoms with Gasteiger partial charge in [-0.2, -0.15) is 0 Å². The van der Waals surface area contributed by atoms with Crippen LogP contribution in [0.3, 0.4) is 0 Å². The molecule has 0 N–H and O–H groups in total. The molecule has 0 unspecified atom stereocenters. The number of allylic oxidation sites excluding steroid dienone is 1. The number of methoxy groups -OCH3 is 1. The van der Waals surface area contributed by atoms with Crippen LogP contribution in [0.2, 0.25) is 0 Å². The molecule has 1 atom stereocenters. The Kier molecular flexibility index (Phi) is 7.09. The Morgan fingerprint density at radius 3 is 2.59 bits per heavy atom. The average Bonchev–Trinajstić information content (AvgIpc) is 3.25. The Hall–Kier alpha value is -4.08. The van der Waals surface area contributed by atoms with Gasteiger partial charge in [-0.15, -0.1) is 0 Å². The third kappa shape index (κ3) is 4.89. The molecule has 2 aliphatic rings. The van der Waals surface area contributed by atoms with Crippen LogP contribution in [-0.2, 0) is 9.53 Å². The van der Waals surface area contributed by atoms with E-state index in [4.69, 9.17) is 14.5 Å². The fourth-order valence-corrected chi connectivity index (χ4v) is 7.43. The van der Waals surface area contributed by atoms with E-state index in [1.807, 2.05) is 48.5 Å². The minimum atomic E-state index is -0.695. The normalized spacial score (nSPS) is 16.2. The fraction of sp³-hybridized carbons (Fsp3) is 0.219. The van der Waals surface area contributed by atoms with Crippen LogP contribution in [0.1, 0.15) is 37.9 Å². The highest BCUT2D eigenvalue weighted by Crippen LogP contribution is 2.47. The fourth-order valence-electron chi connectivity index (χ4n) is 5.19. The van der Waals surface area contributed by atoms with Crippen LogP contribution < -0.4 is 24.5 Å². The molecular formula is C32H29N3O4S2. The number of benzene rings is 3. The third-order valence-electron chi connectivity index (χ3n) is 7.08. The van der Waals surface area contributed by atoms with Gasteiger partial charge in [0.25, 0.3) is 5.56 Å². The highest BCUT2D eigenvalue weighted by Gasteiger charge is 2.34. The van der Waals surface area contributed by atoms with E-state index >= 15 is 0 Å². The Morgan fingerprint density at radius 1 is 1.02 bits per heavy atom. The van der Waals surface area contributed by atoms with Crippen molar-refractivity contribution in [2.45, 2.75) is 42.7 Å². The van der Waals surface area contributed by atoms with Crippen molar-refractivity contribution in [3.05, 3.63) is 109 Å². The molecule has 1 aromatic heterocycles. The number of esters is 1. The Bertz CT molecular complexity index is 1900. The van der Waals surface area contributed by atoms with E-state index in [-0.39, 0.29) is 11.7 Å². The van der Waals surface area contributed by atoms with E-state index in [9.17, 15) is 9.59 Å². The molecule has 2 aliphatic heterocycles. The number of hydrogen-bond acceptors (Lipinski definition) is 8. The van der Waals surface area contributed by atoms with Gasteiger partial charge >= 0.3 is 5.97 Å². The van der Waals surface area contributed by atoms with Gasteiger partial charge in [0.1, 0.15) is 5.75 Å². The second-order valence-electron chi connectivity index (χ2n) is 10.2. The van der Waals surface area contributed by atoms with Crippen LogP contribution in [0.4, 0.5) is 11.4 Å². The number of thiazole rings is 1. The molecule has 0 amide bonds. The number of fused-ring (bicyclic) bond motifs is 3. The number of aromatic nitrogens is 1. The third-order valence-corrected chi connectivity index (χ3v) is 9.18. The van der Waals surface area contributed by atoms with E-state index in [2.05, 4.69) is 36.2 Å². The predicted octanol–water partition coefficient (Wildman–Crippen LogP) is 5.43. The minimum Gasteiger partial charge on any atom is -0.497 e. The van der Waals surface area contributed by atoms with Crippen LogP contribution in [-0.4, -0.2) is 30.8 Å². The lowest BCUT2D eigenvalue weighted by Crippen LogP contribution is -2.40. The van der Waals surface area contributed by atoms with Crippen LogP contribution in [0.15, 0.2) is 97.6 Å². The van der Waals surface area contributed by atoms with E-state index in [0.29, 0.717) is 26.4 Å². The highest BCUT2D eigenvalue weighted by molar-refractivity contribution is 7.99. The standard InChI is InChI=1S/C32H29N3O4S2/c1-18(2)39-31(37)28-19(3)33-32-35(29(28)21-9-8-10-22(17-21)38-5)30(36)27(41-32)16-20-13-14-24-26(15-20)40-25-12-7-6-11-23(25)34(24)4/h6-18,29H,1-5H3/b27-16-/t29-/m1/s1. The summed E-state index contributed by atoms with van der Waals surface area (Å²) in [5.41, 5.74) is 4.62. The van der Waals surface area contributed by atoms with Crippen LogP contribution >= 0.6 is 23.1 Å². The van der Waals surface area contributed by atoms with E-state index < -0.39 is 12.0 Å². The number of ether oxygens (including phenoxy) is 2. The van der Waals surface area contributed by atoms with Crippen LogP contribution in [0, 0.1) is 0 Å². The van der Waals surface area contributed by atoms with Crippen molar-refractivity contribution in [3.8, 4) is 5.75 Å². The summed E-state index contributed by atoms with van der Waals surface area (Å²) in [6.45, 7) is 5.39. The van der Waals surface area contributed by atoms with Gasteiger partial charge in [-0.05, 0) is 74.4 Å². The zero-order valence-electron chi connectivity index (χ0n) is 23.4. The van der Waals surface area contributed by atoms with Gasteiger partial charge in [0.05, 0.1) is 46.4 Å². The van der Waals surface area contributed by atoms with Gasteiger partial charge in [0.15, 0.2) is 4.80 Å². The molecule has 4 aromatic rings. The quantitative estimate of drug-likeness (QED) is 0.292. The van der Waals surface area contributed by atoms with E-state index in [1.165, 1.54) is 21.9 Å². The first-order chi connectivity index (χ1) is 19.7. The van der Waals surface area contributed by atoms with E-state index in [1.54, 1.807) is 44.2 Å². The average molecular weight is 584 g/mol. The number of para-hydroxylation sites is 1. The number of carbonyl (C=O) groups is 1. The van der Waals surface area contributed by atoms with Crippen molar-refractivity contribution < 1.29 is 14.3 Å². The molecular weight excluding hydrogens is 555 g/mol. The Balaban J connectivity index is 1.47. The zero-order valence-corrected chi connectivity index (χ0v) is 25.0. The van der Waals surface area contributed by atoms with Crippen molar-refractivity contribution in [1.82, 2.24) is 4.57 Å². The van der Waals surface area contributed by atoms with Crippen molar-refractivity contribution >= 4 is 46.5 Å². The summed E-state index contributed by atoms with van der Waals surface area (Å²) in [6, 6.07) is 21.3. The lowest BCUT2D eigenvalue weighted by molar-refractivity contribution is -0.143. The zero-order chi connectivity index (χ0) is 28.8.